The van der Waals surface area contributed by atoms with Crippen molar-refractivity contribution in [1.29, 1.82) is 0 Å². The van der Waals surface area contributed by atoms with Gasteiger partial charge in [-0.05, 0) is 19.5 Å². The molecule has 0 spiro atoms. The molecule has 0 aromatic carbocycles. The summed E-state index contributed by atoms with van der Waals surface area (Å²) in [5.41, 5.74) is 5.62. The number of methoxy groups -OCH3 is 1. The molecule has 0 saturated carbocycles. The number of ether oxygens (including phenoxy) is 1. The van der Waals surface area contributed by atoms with Crippen LogP contribution >= 0.6 is 0 Å². The van der Waals surface area contributed by atoms with Gasteiger partial charge in [0.2, 0.25) is 0 Å². The molecule has 1 fully saturated rings. The van der Waals surface area contributed by atoms with E-state index in [1.54, 1.807) is 6.41 Å². The minimum absolute atomic E-state index is 0. The summed E-state index contributed by atoms with van der Waals surface area (Å²) in [5.74, 6) is -0.411. The quantitative estimate of drug-likeness (QED) is 0.515. The molecule has 2 N–H and O–H groups in total. The zero-order valence-electron chi connectivity index (χ0n) is 7.80. The summed E-state index contributed by atoms with van der Waals surface area (Å²) in [6, 6.07) is -0.622. The average Bonchev–Trinajstić information content (AvgIpc) is 2.63. The molecule has 0 aromatic rings. The Kier molecular flexibility index (Phi) is 6.65. The second kappa shape index (κ2) is 6.59. The van der Waals surface area contributed by atoms with Crippen molar-refractivity contribution >= 4 is 12.4 Å². The zero-order valence-corrected chi connectivity index (χ0v) is 9.58. The fourth-order valence-electron chi connectivity index (χ4n) is 1.49. The number of hydrogen-bond donors (Lipinski definition) is 1. The van der Waals surface area contributed by atoms with Gasteiger partial charge in [0.15, 0.2) is 0 Å². The summed E-state index contributed by atoms with van der Waals surface area (Å²) in [6.07, 6.45) is 2.52. The molecule has 1 heterocycles. The van der Waals surface area contributed by atoms with Crippen LogP contribution in [0.25, 0.3) is 0 Å². The summed E-state index contributed by atoms with van der Waals surface area (Å²) in [7, 11) is 1.31. The Hall–Kier alpha value is 0.134. The predicted molar refractivity (Wildman–Crippen MR) is 45.4 cm³/mol. The van der Waals surface area contributed by atoms with E-state index < -0.39 is 12.0 Å². The van der Waals surface area contributed by atoms with Crippen LogP contribution in [-0.4, -0.2) is 43.5 Å². The van der Waals surface area contributed by atoms with Crippen molar-refractivity contribution < 1.29 is 51.2 Å². The maximum absolute atomic E-state index is 11.0. The minimum atomic E-state index is -0.622. The Bertz CT molecular complexity index is 213. The van der Waals surface area contributed by atoms with Crippen LogP contribution in [0.1, 0.15) is 6.42 Å². The Morgan fingerprint density at radius 1 is 1.71 bits per heavy atom. The molecule has 1 saturated heterocycles. The maximum atomic E-state index is 11.0. The number of rotatable bonds is 3. The first-order valence-corrected chi connectivity index (χ1v) is 4.15. The van der Waals surface area contributed by atoms with E-state index in [4.69, 9.17) is 5.73 Å². The first-order chi connectivity index (χ1) is 6.19. The second-order valence-electron chi connectivity index (χ2n) is 3.14. The Balaban J connectivity index is 0.00000169. The normalized spacial score (nSPS) is 22.4. The van der Waals surface area contributed by atoms with Crippen LogP contribution in [0, 0.1) is 42.8 Å². The number of nitrogens with two attached hydrogens (primary N) is 1. The van der Waals surface area contributed by atoms with E-state index in [1.807, 2.05) is 0 Å². The number of likely N-dealkylation sites (tertiary alicyclic amines) is 1. The minimum Gasteiger partial charge on any atom is -0.520 e. The Labute approximate surface area is 112 Å². The van der Waals surface area contributed by atoms with Gasteiger partial charge in [-0.15, -0.1) is 0 Å². The number of hydrogen-bond acceptors (Lipinski definition) is 4. The summed E-state index contributed by atoms with van der Waals surface area (Å²) in [5, 5.41) is 0. The van der Waals surface area contributed by atoms with Gasteiger partial charge in [-0.25, -0.2) is 0 Å². The molecular weight excluding hydrogens is 341 g/mol. The third-order valence-electron chi connectivity index (χ3n) is 2.34. The molecule has 2 atom stereocenters. The maximum Gasteiger partial charge on any atom is 0.322 e. The topological polar surface area (TPSA) is 72.6 Å². The molecule has 0 aliphatic carbocycles. The summed E-state index contributed by atoms with van der Waals surface area (Å²) >= 11 is 0. The van der Waals surface area contributed by atoms with Crippen molar-refractivity contribution in [3.05, 3.63) is 0 Å². The molecule has 14 heavy (non-hydrogen) atoms. The van der Waals surface area contributed by atoms with Gasteiger partial charge in [0.05, 0.1) is 7.11 Å². The van der Waals surface area contributed by atoms with Crippen molar-refractivity contribution in [3.8, 4) is 0 Å². The third-order valence-corrected chi connectivity index (χ3v) is 2.34. The monoisotopic (exact) mass is 354 g/mol. The average molecular weight is 354 g/mol. The van der Waals surface area contributed by atoms with Crippen LogP contribution in [0.5, 0.6) is 0 Å². The SMILES string of the molecule is COC(=O)C(N)C1CCN([C-]=O)C1.[Tm]. The number of esters is 1. The van der Waals surface area contributed by atoms with Crippen LogP contribution < -0.4 is 5.73 Å². The number of carbonyl (C=O) groups is 1. The van der Waals surface area contributed by atoms with E-state index in [1.165, 1.54) is 12.0 Å². The number of amides is 1. The molecule has 1 radical (unpaired) electrons. The van der Waals surface area contributed by atoms with Crippen molar-refractivity contribution in [2.24, 2.45) is 11.7 Å². The number of carbonyl (C=O) groups excluding carboxylic acids is 2. The van der Waals surface area contributed by atoms with Gasteiger partial charge >= 0.3 is 5.97 Å². The molecule has 0 aromatic heterocycles. The first-order valence-electron chi connectivity index (χ1n) is 4.15. The van der Waals surface area contributed by atoms with Crippen molar-refractivity contribution in [3.63, 3.8) is 0 Å². The molecule has 5 nitrogen and oxygen atoms in total. The van der Waals surface area contributed by atoms with Crippen LogP contribution in [0.4, 0.5) is 0 Å². The van der Waals surface area contributed by atoms with Crippen molar-refractivity contribution in [2.75, 3.05) is 20.2 Å². The molecule has 2 unspecified atom stereocenters. The third kappa shape index (κ3) is 3.37. The fraction of sp³-hybridized carbons (Fsp3) is 0.750. The van der Waals surface area contributed by atoms with E-state index in [-0.39, 0.29) is 42.8 Å². The molecule has 1 amide bonds. The van der Waals surface area contributed by atoms with Crippen LogP contribution in [-0.2, 0) is 14.3 Å². The Morgan fingerprint density at radius 2 is 2.36 bits per heavy atom. The summed E-state index contributed by atoms with van der Waals surface area (Å²) in [4.78, 5) is 22.8. The van der Waals surface area contributed by atoms with E-state index in [0.29, 0.717) is 13.1 Å². The van der Waals surface area contributed by atoms with Crippen LogP contribution in [0.2, 0.25) is 0 Å². The largest absolute Gasteiger partial charge is 0.520 e. The van der Waals surface area contributed by atoms with Gasteiger partial charge in [-0.1, -0.05) is 0 Å². The molecule has 1 rings (SSSR count). The second-order valence-corrected chi connectivity index (χ2v) is 3.14. The van der Waals surface area contributed by atoms with Crippen molar-refractivity contribution in [1.82, 2.24) is 4.90 Å². The van der Waals surface area contributed by atoms with Gasteiger partial charge in [0.25, 0.3) is 0 Å². The van der Waals surface area contributed by atoms with Gasteiger partial charge < -0.3 is 20.2 Å². The predicted octanol–water partition coefficient (Wildman–Crippen LogP) is -1.12. The van der Waals surface area contributed by atoms with Gasteiger partial charge in [0.1, 0.15) is 6.04 Å². The smallest absolute Gasteiger partial charge is 0.322 e. The van der Waals surface area contributed by atoms with E-state index >= 15 is 0 Å². The van der Waals surface area contributed by atoms with E-state index in [0.717, 1.165) is 6.42 Å². The van der Waals surface area contributed by atoms with Crippen LogP contribution in [0.15, 0.2) is 0 Å². The fourth-order valence-corrected chi connectivity index (χ4v) is 1.49. The molecular formula is C8H13N2O3Tm-. The van der Waals surface area contributed by atoms with Gasteiger partial charge in [-0.3, -0.25) is 4.79 Å². The van der Waals surface area contributed by atoms with Crippen LogP contribution in [0.3, 0.4) is 0 Å². The molecule has 6 heteroatoms. The van der Waals surface area contributed by atoms with Gasteiger partial charge in [-0.2, -0.15) is 6.41 Å². The number of nitrogens with zero attached hydrogens (tertiary/aromatic N) is 1. The molecule has 0 bridgehead atoms. The van der Waals surface area contributed by atoms with Gasteiger partial charge in [0, 0.05) is 42.8 Å². The molecule has 1 aliphatic rings. The zero-order chi connectivity index (χ0) is 9.84. The van der Waals surface area contributed by atoms with E-state index in [9.17, 15) is 9.59 Å². The Morgan fingerprint density at radius 3 is 2.79 bits per heavy atom. The van der Waals surface area contributed by atoms with Crippen molar-refractivity contribution in [2.45, 2.75) is 12.5 Å². The molecule has 1 aliphatic heterocycles. The van der Waals surface area contributed by atoms with E-state index in [2.05, 4.69) is 4.74 Å². The standard InChI is InChI=1S/C8H13N2O3.Tm/c1-13-8(12)7(9)6-2-3-10(4-6)5-11;/h6-7H,2-4,9H2,1H3;/q-1;. The summed E-state index contributed by atoms with van der Waals surface area (Å²) in [6.45, 7) is 1.12. The first kappa shape index (κ1) is 14.1. The summed E-state index contributed by atoms with van der Waals surface area (Å²) < 4.78 is 4.51. The molecule has 87 valence electrons.